The van der Waals surface area contributed by atoms with Gasteiger partial charge in [-0.1, -0.05) is 20.8 Å². The summed E-state index contributed by atoms with van der Waals surface area (Å²) in [6, 6.07) is 7.36. The minimum atomic E-state index is -3.50. The first-order chi connectivity index (χ1) is 15.8. The van der Waals surface area contributed by atoms with Crippen molar-refractivity contribution in [2.75, 3.05) is 17.2 Å². The Balaban J connectivity index is 1.69. The van der Waals surface area contributed by atoms with Crippen LogP contribution in [-0.4, -0.2) is 41.6 Å². The number of hydrogen-bond donors (Lipinski definition) is 4. The van der Waals surface area contributed by atoms with Gasteiger partial charge < -0.3 is 16.4 Å². The topological polar surface area (TPSA) is 126 Å². The summed E-state index contributed by atoms with van der Waals surface area (Å²) in [6.45, 7) is 6.37. The zero-order chi connectivity index (χ0) is 23.6. The molecule has 5 N–H and O–H groups in total. The quantitative estimate of drug-likeness (QED) is 0.395. The number of nitrogens with two attached hydrogens (primary N) is 1. The van der Waals surface area contributed by atoms with Crippen molar-refractivity contribution >= 4 is 32.9 Å². The molecule has 0 radical (unpaired) electrons. The second kappa shape index (κ2) is 9.66. The zero-order valence-corrected chi connectivity index (χ0v) is 20.2. The van der Waals surface area contributed by atoms with Crippen LogP contribution < -0.4 is 21.1 Å². The first kappa shape index (κ1) is 23.5. The predicted octanol–water partition coefficient (Wildman–Crippen LogP) is 3.58. The van der Waals surface area contributed by atoms with Crippen molar-refractivity contribution in [1.82, 2.24) is 19.3 Å². The number of benzene rings is 1. The molecule has 1 fully saturated rings. The molecule has 10 heteroatoms. The van der Waals surface area contributed by atoms with Crippen LogP contribution in [0.4, 0.5) is 17.2 Å². The van der Waals surface area contributed by atoms with E-state index in [-0.39, 0.29) is 16.9 Å². The van der Waals surface area contributed by atoms with Crippen LogP contribution in [0.25, 0.3) is 5.65 Å². The lowest BCUT2D eigenvalue weighted by Crippen LogP contribution is -2.33. The van der Waals surface area contributed by atoms with Gasteiger partial charge in [-0.25, -0.2) is 22.6 Å². The van der Waals surface area contributed by atoms with Gasteiger partial charge in [0.2, 0.25) is 10.0 Å². The number of nitrogens with one attached hydrogen (secondary N) is 3. The van der Waals surface area contributed by atoms with Crippen molar-refractivity contribution in [3.05, 3.63) is 42.2 Å². The van der Waals surface area contributed by atoms with Crippen LogP contribution in [0.1, 0.15) is 57.9 Å². The van der Waals surface area contributed by atoms with E-state index in [0.29, 0.717) is 12.6 Å². The minimum absolute atomic E-state index is 0.184. The minimum Gasteiger partial charge on any atom is -0.366 e. The molecule has 2 heterocycles. The summed E-state index contributed by atoms with van der Waals surface area (Å²) in [7, 11) is -3.50. The highest BCUT2D eigenvalue weighted by atomic mass is 32.2. The summed E-state index contributed by atoms with van der Waals surface area (Å²) in [5.74, 6) is 1.02. The summed E-state index contributed by atoms with van der Waals surface area (Å²) < 4.78 is 28.8. The van der Waals surface area contributed by atoms with Gasteiger partial charge in [-0.2, -0.15) is 0 Å². The molecule has 4 rings (SSSR count). The molecule has 2 aromatic heterocycles. The van der Waals surface area contributed by atoms with Gasteiger partial charge in [0, 0.05) is 42.3 Å². The molecular formula is C23H33N7O2S. The molecule has 0 unspecified atom stereocenters. The van der Waals surface area contributed by atoms with Crippen LogP contribution in [0, 0.1) is 0 Å². The molecule has 0 saturated heterocycles. The number of nitrogens with zero attached hydrogens (tertiary/aromatic N) is 3. The average molecular weight is 472 g/mol. The number of rotatable bonds is 8. The molecule has 1 aliphatic carbocycles. The zero-order valence-electron chi connectivity index (χ0n) is 19.4. The largest absolute Gasteiger partial charge is 0.366 e. The van der Waals surface area contributed by atoms with Crippen molar-refractivity contribution in [3.8, 4) is 0 Å². The molecular weight excluding hydrogens is 438 g/mol. The Morgan fingerprint density at radius 3 is 2.48 bits per heavy atom. The first-order valence-corrected chi connectivity index (χ1v) is 13.0. The number of imidazole rings is 1. The van der Waals surface area contributed by atoms with Crippen LogP contribution in [0.15, 0.2) is 41.6 Å². The summed E-state index contributed by atoms with van der Waals surface area (Å²) >= 11 is 0. The van der Waals surface area contributed by atoms with Crippen LogP contribution in [0.5, 0.6) is 0 Å². The van der Waals surface area contributed by atoms with Crippen LogP contribution in [0.3, 0.4) is 0 Å². The lowest BCUT2D eigenvalue weighted by molar-refractivity contribution is 0.410. The van der Waals surface area contributed by atoms with E-state index in [2.05, 4.69) is 34.2 Å². The smallest absolute Gasteiger partial charge is 0.240 e. The molecule has 0 spiro atoms. The van der Waals surface area contributed by atoms with Crippen molar-refractivity contribution in [2.24, 2.45) is 5.73 Å². The van der Waals surface area contributed by atoms with E-state index in [1.165, 1.54) is 0 Å². The summed E-state index contributed by atoms with van der Waals surface area (Å²) in [6.07, 6.45) is 7.62. The standard InChI is InChI=1S/C23H33N7O2S/c1-4-26-33(31,32)19-11-9-17(10-12-19)27-21-20(15(2)3)22(29-30-14-13-25-23(21)30)28-18-7-5-16(24)6-8-18/h9-16,18,26-27H,4-8,24H2,1-3H3,(H,28,29)/t16-,18-. The van der Waals surface area contributed by atoms with Gasteiger partial charge in [0.1, 0.15) is 0 Å². The van der Waals surface area contributed by atoms with E-state index in [1.54, 1.807) is 41.9 Å². The van der Waals surface area contributed by atoms with E-state index in [1.807, 2.05) is 6.20 Å². The fraction of sp³-hybridized carbons (Fsp3) is 0.478. The van der Waals surface area contributed by atoms with E-state index >= 15 is 0 Å². The molecule has 0 aliphatic heterocycles. The summed E-state index contributed by atoms with van der Waals surface area (Å²) in [4.78, 5) is 4.76. The van der Waals surface area contributed by atoms with E-state index in [0.717, 1.165) is 54.1 Å². The molecule has 3 aromatic rings. The third-order valence-corrected chi connectivity index (χ3v) is 7.60. The Bertz CT molecular complexity index is 1200. The van der Waals surface area contributed by atoms with Crippen LogP contribution in [0.2, 0.25) is 0 Å². The Morgan fingerprint density at radius 1 is 1.15 bits per heavy atom. The highest BCUT2D eigenvalue weighted by molar-refractivity contribution is 7.89. The number of hydrogen-bond acceptors (Lipinski definition) is 7. The van der Waals surface area contributed by atoms with Gasteiger partial charge in [0.25, 0.3) is 0 Å². The van der Waals surface area contributed by atoms with Crippen molar-refractivity contribution in [1.29, 1.82) is 0 Å². The molecule has 33 heavy (non-hydrogen) atoms. The predicted molar refractivity (Wildman–Crippen MR) is 132 cm³/mol. The Morgan fingerprint density at radius 2 is 1.85 bits per heavy atom. The molecule has 1 aliphatic rings. The summed E-state index contributed by atoms with van der Waals surface area (Å²) in [5, 5.41) is 12.0. The van der Waals surface area contributed by atoms with Crippen molar-refractivity contribution < 1.29 is 8.42 Å². The molecule has 178 valence electrons. The highest BCUT2D eigenvalue weighted by Gasteiger charge is 2.24. The highest BCUT2D eigenvalue weighted by Crippen LogP contribution is 2.36. The molecule has 1 aromatic carbocycles. The second-order valence-corrected chi connectivity index (χ2v) is 10.7. The number of anilines is 3. The van der Waals surface area contributed by atoms with E-state index in [4.69, 9.17) is 10.8 Å². The van der Waals surface area contributed by atoms with Gasteiger partial charge in [-0.05, 0) is 55.9 Å². The molecule has 0 atom stereocenters. The normalized spacial score (nSPS) is 19.2. The third-order valence-electron chi connectivity index (χ3n) is 6.04. The van der Waals surface area contributed by atoms with Crippen LogP contribution >= 0.6 is 0 Å². The molecule has 9 nitrogen and oxygen atoms in total. The van der Waals surface area contributed by atoms with Crippen LogP contribution in [-0.2, 0) is 10.0 Å². The molecule has 0 bridgehead atoms. The van der Waals surface area contributed by atoms with E-state index in [9.17, 15) is 8.42 Å². The molecule has 0 amide bonds. The van der Waals surface area contributed by atoms with Gasteiger partial charge in [0.05, 0.1) is 10.6 Å². The Kier molecular flexibility index (Phi) is 6.87. The molecule has 1 saturated carbocycles. The SMILES string of the molecule is CCNS(=O)(=O)c1ccc(Nc2c(C(C)C)c(N[C@H]3CC[C@H](N)CC3)nn3ccnc23)cc1. The maximum absolute atomic E-state index is 12.3. The van der Waals surface area contributed by atoms with Crippen molar-refractivity contribution in [3.63, 3.8) is 0 Å². The first-order valence-electron chi connectivity index (χ1n) is 11.5. The third kappa shape index (κ3) is 5.13. The Labute approximate surface area is 195 Å². The van der Waals surface area contributed by atoms with Gasteiger partial charge in [-0.3, -0.25) is 0 Å². The van der Waals surface area contributed by atoms with Crippen molar-refractivity contribution in [2.45, 2.75) is 69.4 Å². The number of sulfonamides is 1. The fourth-order valence-electron chi connectivity index (χ4n) is 4.34. The lowest BCUT2D eigenvalue weighted by Gasteiger charge is -2.29. The van der Waals surface area contributed by atoms with Gasteiger partial charge in [-0.15, -0.1) is 5.10 Å². The average Bonchev–Trinajstić information content (AvgIpc) is 3.24. The Hall–Kier alpha value is -2.69. The van der Waals surface area contributed by atoms with E-state index < -0.39 is 10.0 Å². The summed E-state index contributed by atoms with van der Waals surface area (Å²) in [5.41, 5.74) is 9.50. The number of aromatic nitrogens is 3. The monoisotopic (exact) mass is 471 g/mol. The fourth-order valence-corrected chi connectivity index (χ4v) is 5.38. The second-order valence-electron chi connectivity index (χ2n) is 8.89. The van der Waals surface area contributed by atoms with Gasteiger partial charge >= 0.3 is 0 Å². The maximum atomic E-state index is 12.3. The maximum Gasteiger partial charge on any atom is 0.240 e. The lowest BCUT2D eigenvalue weighted by atomic mass is 9.91. The van der Waals surface area contributed by atoms with Gasteiger partial charge in [0.15, 0.2) is 11.5 Å². The number of fused-ring (bicyclic) bond motifs is 1.